The fourth-order valence-electron chi connectivity index (χ4n) is 3.01. The van der Waals surface area contributed by atoms with Crippen molar-refractivity contribution in [3.63, 3.8) is 0 Å². The van der Waals surface area contributed by atoms with Gasteiger partial charge in [-0.2, -0.15) is 0 Å². The highest BCUT2D eigenvalue weighted by molar-refractivity contribution is 7.98. The first-order valence-electron chi connectivity index (χ1n) is 8.62. The number of nitrogens with zero attached hydrogens (tertiary/aromatic N) is 5. The largest absolute Gasteiger partial charge is 0.467 e. The highest BCUT2D eigenvalue weighted by Gasteiger charge is 2.23. The number of rotatable bonds is 6. The van der Waals surface area contributed by atoms with E-state index in [4.69, 9.17) is 16.0 Å². The van der Waals surface area contributed by atoms with Crippen molar-refractivity contribution in [2.45, 2.75) is 37.2 Å². The molecular formula is C17H20ClN5OS2. The third-order valence-corrected chi connectivity index (χ3v) is 6.56. The van der Waals surface area contributed by atoms with Crippen LogP contribution in [0.2, 0.25) is 4.47 Å². The van der Waals surface area contributed by atoms with Gasteiger partial charge in [0.15, 0.2) is 9.62 Å². The Labute approximate surface area is 165 Å². The third-order valence-electron chi connectivity index (χ3n) is 4.53. The van der Waals surface area contributed by atoms with E-state index < -0.39 is 0 Å². The zero-order valence-electron chi connectivity index (χ0n) is 14.5. The van der Waals surface area contributed by atoms with Crippen LogP contribution >= 0.6 is 34.7 Å². The quantitative estimate of drug-likeness (QED) is 0.556. The molecule has 0 aromatic carbocycles. The minimum Gasteiger partial charge on any atom is -0.467 e. The van der Waals surface area contributed by atoms with Crippen LogP contribution in [0.25, 0.3) is 0 Å². The highest BCUT2D eigenvalue weighted by Crippen LogP contribution is 2.29. The number of thiazole rings is 1. The lowest BCUT2D eigenvalue weighted by molar-refractivity contribution is 0.427. The zero-order valence-corrected chi connectivity index (χ0v) is 16.9. The van der Waals surface area contributed by atoms with E-state index in [2.05, 4.69) is 31.6 Å². The van der Waals surface area contributed by atoms with Crippen molar-refractivity contribution in [1.82, 2.24) is 19.7 Å². The van der Waals surface area contributed by atoms with Gasteiger partial charge >= 0.3 is 0 Å². The molecule has 0 saturated carbocycles. The topological polar surface area (TPSA) is 60.0 Å². The van der Waals surface area contributed by atoms with Crippen molar-refractivity contribution in [2.75, 3.05) is 18.0 Å². The second kappa shape index (κ2) is 8.02. The average Bonchev–Trinajstić information content (AvgIpc) is 3.37. The molecule has 3 aromatic heterocycles. The van der Waals surface area contributed by atoms with Crippen LogP contribution in [0.3, 0.4) is 0 Å². The lowest BCUT2D eigenvalue weighted by Crippen LogP contribution is -2.35. The Hall–Kier alpha value is -1.51. The molecule has 1 saturated heterocycles. The van der Waals surface area contributed by atoms with E-state index in [9.17, 15) is 0 Å². The maximum absolute atomic E-state index is 5.93. The Morgan fingerprint density at radius 2 is 2.19 bits per heavy atom. The summed E-state index contributed by atoms with van der Waals surface area (Å²) in [5, 5.41) is 11.8. The van der Waals surface area contributed by atoms with Gasteiger partial charge in [-0.15, -0.1) is 21.5 Å². The summed E-state index contributed by atoms with van der Waals surface area (Å²) in [7, 11) is 0. The Kier molecular flexibility index (Phi) is 5.52. The molecule has 0 N–H and O–H groups in total. The van der Waals surface area contributed by atoms with E-state index in [1.54, 1.807) is 18.0 Å². The first kappa shape index (κ1) is 17.9. The van der Waals surface area contributed by atoms with Crippen LogP contribution in [0.5, 0.6) is 0 Å². The summed E-state index contributed by atoms with van der Waals surface area (Å²) < 4.78 is 8.27. The van der Waals surface area contributed by atoms with E-state index in [0.717, 1.165) is 47.3 Å². The summed E-state index contributed by atoms with van der Waals surface area (Å²) >= 11 is 9.01. The maximum Gasteiger partial charge on any atom is 0.228 e. The summed E-state index contributed by atoms with van der Waals surface area (Å²) in [5.74, 6) is 3.31. The molecule has 3 aromatic rings. The molecule has 0 aliphatic carbocycles. The predicted octanol–water partition coefficient (Wildman–Crippen LogP) is 4.56. The fraction of sp³-hybridized carbons (Fsp3) is 0.471. The van der Waals surface area contributed by atoms with Crippen LogP contribution in [-0.2, 0) is 12.3 Å². The molecule has 138 valence electrons. The van der Waals surface area contributed by atoms with Crippen LogP contribution in [0, 0.1) is 5.92 Å². The summed E-state index contributed by atoms with van der Waals surface area (Å²) in [6.07, 6.45) is 4.08. The van der Waals surface area contributed by atoms with E-state index in [1.165, 1.54) is 24.2 Å². The van der Waals surface area contributed by atoms with Crippen LogP contribution in [-0.4, -0.2) is 32.8 Å². The van der Waals surface area contributed by atoms with Gasteiger partial charge in [0.1, 0.15) is 5.76 Å². The molecule has 1 fully saturated rings. The van der Waals surface area contributed by atoms with Gasteiger partial charge in [0.05, 0.1) is 18.5 Å². The van der Waals surface area contributed by atoms with Crippen molar-refractivity contribution >= 4 is 40.6 Å². The van der Waals surface area contributed by atoms with Gasteiger partial charge in [0, 0.05) is 24.2 Å². The number of aromatic nitrogens is 4. The number of furan rings is 1. The molecule has 0 spiro atoms. The summed E-state index contributed by atoms with van der Waals surface area (Å²) in [6.45, 7) is 4.97. The molecule has 0 radical (unpaired) electrons. The molecule has 1 aliphatic rings. The highest BCUT2D eigenvalue weighted by atomic mass is 35.5. The Bertz CT molecular complexity index is 839. The smallest absolute Gasteiger partial charge is 0.228 e. The molecule has 1 aliphatic heterocycles. The van der Waals surface area contributed by atoms with E-state index in [1.807, 2.05) is 17.5 Å². The van der Waals surface area contributed by atoms with Gasteiger partial charge in [0.2, 0.25) is 5.95 Å². The second-order valence-corrected chi connectivity index (χ2v) is 8.88. The van der Waals surface area contributed by atoms with Gasteiger partial charge < -0.3 is 9.32 Å². The normalized spacial score (nSPS) is 15.7. The molecule has 0 bridgehead atoms. The van der Waals surface area contributed by atoms with Crippen LogP contribution in [0.15, 0.2) is 33.3 Å². The standard InChI is InChI=1S/C17H20ClN5OS2/c1-12-4-6-22(7-5-12)16-20-21-17(23(16)9-14-3-2-8-24-14)26-11-13-10-25-15(18)19-13/h2-3,8,10,12H,4-7,9,11H2,1H3. The number of hydrogen-bond donors (Lipinski definition) is 0. The molecule has 0 amide bonds. The third kappa shape index (κ3) is 4.07. The van der Waals surface area contributed by atoms with Crippen molar-refractivity contribution in [2.24, 2.45) is 5.92 Å². The Balaban J connectivity index is 1.56. The van der Waals surface area contributed by atoms with Crippen molar-refractivity contribution < 1.29 is 4.42 Å². The van der Waals surface area contributed by atoms with Gasteiger partial charge in [-0.3, -0.25) is 4.57 Å². The summed E-state index contributed by atoms with van der Waals surface area (Å²) in [5.41, 5.74) is 0.964. The first-order valence-corrected chi connectivity index (χ1v) is 10.9. The van der Waals surface area contributed by atoms with E-state index in [-0.39, 0.29) is 0 Å². The number of piperidine rings is 1. The second-order valence-electron chi connectivity index (χ2n) is 6.50. The number of halogens is 1. The first-order chi connectivity index (χ1) is 12.7. The number of hydrogen-bond acceptors (Lipinski definition) is 7. The predicted molar refractivity (Wildman–Crippen MR) is 105 cm³/mol. The van der Waals surface area contributed by atoms with Gasteiger partial charge in [-0.25, -0.2) is 4.98 Å². The van der Waals surface area contributed by atoms with Crippen molar-refractivity contribution in [3.05, 3.63) is 39.7 Å². The molecule has 0 unspecified atom stereocenters. The van der Waals surface area contributed by atoms with Gasteiger partial charge in [0.25, 0.3) is 0 Å². The van der Waals surface area contributed by atoms with Crippen molar-refractivity contribution in [1.29, 1.82) is 0 Å². The molecule has 0 atom stereocenters. The molecule has 26 heavy (non-hydrogen) atoms. The van der Waals surface area contributed by atoms with Gasteiger partial charge in [-0.05, 0) is 30.9 Å². The molecule has 9 heteroatoms. The zero-order chi connectivity index (χ0) is 17.9. The SMILES string of the molecule is CC1CCN(c2nnc(SCc3csc(Cl)n3)n2Cc2ccco2)CC1. The fourth-order valence-corrected chi connectivity index (χ4v) is 4.73. The number of anilines is 1. The van der Waals surface area contributed by atoms with Crippen molar-refractivity contribution in [3.8, 4) is 0 Å². The molecule has 4 rings (SSSR count). The maximum atomic E-state index is 5.93. The monoisotopic (exact) mass is 409 g/mol. The molecular weight excluding hydrogens is 390 g/mol. The Morgan fingerprint density at radius 3 is 2.88 bits per heavy atom. The van der Waals surface area contributed by atoms with E-state index >= 15 is 0 Å². The lowest BCUT2D eigenvalue weighted by atomic mass is 10.00. The minimum atomic E-state index is 0.570. The van der Waals surface area contributed by atoms with Crippen LogP contribution in [0.4, 0.5) is 5.95 Å². The molecule has 6 nitrogen and oxygen atoms in total. The Morgan fingerprint density at radius 1 is 1.35 bits per heavy atom. The number of thioether (sulfide) groups is 1. The minimum absolute atomic E-state index is 0.570. The summed E-state index contributed by atoms with van der Waals surface area (Å²) in [6, 6.07) is 3.89. The lowest BCUT2D eigenvalue weighted by Gasteiger charge is -2.31. The average molecular weight is 410 g/mol. The summed E-state index contributed by atoms with van der Waals surface area (Å²) in [4.78, 5) is 6.65. The molecule has 4 heterocycles. The van der Waals surface area contributed by atoms with E-state index in [0.29, 0.717) is 11.0 Å². The van der Waals surface area contributed by atoms with Crippen LogP contribution in [0.1, 0.15) is 31.2 Å². The van der Waals surface area contributed by atoms with Crippen LogP contribution < -0.4 is 4.90 Å². The van der Waals surface area contributed by atoms with Gasteiger partial charge in [-0.1, -0.05) is 30.3 Å².